The Hall–Kier alpha value is -2.51. The molecule has 2 rings (SSSR count). The Morgan fingerprint density at radius 1 is 1.15 bits per heavy atom. The summed E-state index contributed by atoms with van der Waals surface area (Å²) in [6, 6.07) is 11.4. The summed E-state index contributed by atoms with van der Waals surface area (Å²) in [5.41, 5.74) is 1.68. The van der Waals surface area contributed by atoms with Crippen LogP contribution in [0.25, 0.3) is 0 Å². The van der Waals surface area contributed by atoms with Crippen molar-refractivity contribution in [3.8, 4) is 0 Å². The van der Waals surface area contributed by atoms with Gasteiger partial charge >= 0.3 is 0 Å². The molecule has 0 spiro atoms. The van der Waals surface area contributed by atoms with Crippen molar-refractivity contribution in [2.45, 2.75) is 26.2 Å². The quantitative estimate of drug-likeness (QED) is 0.451. The number of benzene rings is 2. The van der Waals surface area contributed by atoms with Crippen LogP contribution in [0.15, 0.2) is 42.5 Å². The lowest BCUT2D eigenvalue weighted by molar-refractivity contribution is -0.384. The van der Waals surface area contributed by atoms with Gasteiger partial charge in [-0.3, -0.25) is 20.2 Å². The van der Waals surface area contributed by atoms with Gasteiger partial charge in [-0.05, 0) is 47.5 Å². The number of halogens is 1. The molecular formula is C18H18ClN3O3S. The van der Waals surface area contributed by atoms with E-state index in [0.717, 1.165) is 5.56 Å². The first-order valence-corrected chi connectivity index (χ1v) is 8.53. The Balaban J connectivity index is 2.05. The Kier molecular flexibility index (Phi) is 5.94. The maximum Gasteiger partial charge on any atom is 0.289 e. The second kappa shape index (κ2) is 7.80. The molecule has 0 saturated heterocycles. The summed E-state index contributed by atoms with van der Waals surface area (Å²) in [5.74, 6) is -0.369. The molecular weight excluding hydrogens is 374 g/mol. The minimum Gasteiger partial charge on any atom is -0.332 e. The van der Waals surface area contributed by atoms with Gasteiger partial charge in [-0.15, -0.1) is 0 Å². The largest absolute Gasteiger partial charge is 0.332 e. The van der Waals surface area contributed by atoms with Crippen molar-refractivity contribution < 1.29 is 9.72 Å². The van der Waals surface area contributed by atoms with E-state index >= 15 is 0 Å². The zero-order valence-electron chi connectivity index (χ0n) is 14.5. The molecule has 1 amide bonds. The molecule has 0 atom stereocenters. The fourth-order valence-corrected chi connectivity index (χ4v) is 2.59. The van der Waals surface area contributed by atoms with E-state index in [-0.39, 0.29) is 27.1 Å². The summed E-state index contributed by atoms with van der Waals surface area (Å²) in [6.45, 7) is 6.27. The smallest absolute Gasteiger partial charge is 0.289 e. The van der Waals surface area contributed by atoms with Gasteiger partial charge in [0.1, 0.15) is 5.02 Å². The van der Waals surface area contributed by atoms with Crippen molar-refractivity contribution in [1.82, 2.24) is 5.32 Å². The highest BCUT2D eigenvalue weighted by Gasteiger charge is 2.16. The highest BCUT2D eigenvalue weighted by Crippen LogP contribution is 2.27. The number of thiocarbonyl (C=S) groups is 1. The molecule has 0 aliphatic heterocycles. The predicted molar refractivity (Wildman–Crippen MR) is 107 cm³/mol. The highest BCUT2D eigenvalue weighted by atomic mass is 35.5. The summed E-state index contributed by atoms with van der Waals surface area (Å²) < 4.78 is 0. The fraction of sp³-hybridized carbons (Fsp3) is 0.222. The van der Waals surface area contributed by atoms with Gasteiger partial charge < -0.3 is 5.32 Å². The average Bonchev–Trinajstić information content (AvgIpc) is 2.55. The number of rotatable bonds is 3. The molecule has 26 heavy (non-hydrogen) atoms. The van der Waals surface area contributed by atoms with Crippen molar-refractivity contribution in [3.63, 3.8) is 0 Å². The summed E-state index contributed by atoms with van der Waals surface area (Å²) in [4.78, 5) is 22.6. The second-order valence-electron chi connectivity index (χ2n) is 6.66. The van der Waals surface area contributed by atoms with Crippen LogP contribution in [0.3, 0.4) is 0 Å². The second-order valence-corrected chi connectivity index (χ2v) is 7.47. The number of nitro groups is 1. The fourth-order valence-electron chi connectivity index (χ4n) is 2.19. The third-order valence-corrected chi connectivity index (χ3v) is 4.16. The number of amides is 1. The molecule has 2 aromatic rings. The van der Waals surface area contributed by atoms with E-state index in [0.29, 0.717) is 11.3 Å². The minimum atomic E-state index is -0.591. The number of carbonyl (C=O) groups is 1. The number of hydrogen-bond donors (Lipinski definition) is 2. The van der Waals surface area contributed by atoms with Crippen LogP contribution in [0.1, 0.15) is 36.7 Å². The third-order valence-electron chi connectivity index (χ3n) is 3.64. The summed E-state index contributed by atoms with van der Waals surface area (Å²) >= 11 is 10.9. The van der Waals surface area contributed by atoms with Gasteiger partial charge in [-0.1, -0.05) is 44.5 Å². The Morgan fingerprint density at radius 2 is 1.77 bits per heavy atom. The molecule has 2 N–H and O–H groups in total. The van der Waals surface area contributed by atoms with Crippen LogP contribution in [0.4, 0.5) is 11.4 Å². The van der Waals surface area contributed by atoms with E-state index in [1.165, 1.54) is 18.2 Å². The topological polar surface area (TPSA) is 84.3 Å². The SMILES string of the molecule is CC(C)(C)c1ccc(C(=O)NC(=S)Nc2ccc(Cl)c([N+](=O)[O-])c2)cc1. The third kappa shape index (κ3) is 5.00. The predicted octanol–water partition coefficient (Wildman–Crippen LogP) is 4.67. The number of nitrogens with one attached hydrogen (secondary N) is 2. The maximum absolute atomic E-state index is 12.3. The molecule has 0 aromatic heterocycles. The zero-order valence-corrected chi connectivity index (χ0v) is 16.1. The van der Waals surface area contributed by atoms with Gasteiger partial charge in [0, 0.05) is 17.3 Å². The van der Waals surface area contributed by atoms with Crippen molar-refractivity contribution in [2.24, 2.45) is 0 Å². The molecule has 0 aliphatic rings. The van der Waals surface area contributed by atoms with E-state index in [2.05, 4.69) is 31.4 Å². The minimum absolute atomic E-state index is 0.00480. The van der Waals surface area contributed by atoms with Crippen molar-refractivity contribution >= 4 is 46.2 Å². The molecule has 0 radical (unpaired) electrons. The number of nitrogens with zero attached hydrogens (tertiary/aromatic N) is 1. The van der Waals surface area contributed by atoms with Crippen molar-refractivity contribution in [1.29, 1.82) is 0 Å². The summed E-state index contributed by atoms with van der Waals surface area (Å²) in [7, 11) is 0. The lowest BCUT2D eigenvalue weighted by atomic mass is 9.87. The maximum atomic E-state index is 12.3. The normalized spacial score (nSPS) is 10.9. The van der Waals surface area contributed by atoms with E-state index in [4.69, 9.17) is 23.8 Å². The van der Waals surface area contributed by atoms with Gasteiger partial charge in [-0.2, -0.15) is 0 Å². The van der Waals surface area contributed by atoms with Gasteiger partial charge in [0.2, 0.25) is 0 Å². The Bertz CT molecular complexity index is 861. The first kappa shape index (κ1) is 19.8. The molecule has 0 unspecified atom stereocenters. The molecule has 0 aliphatic carbocycles. The molecule has 136 valence electrons. The van der Waals surface area contributed by atoms with Crippen LogP contribution in [-0.2, 0) is 5.41 Å². The van der Waals surface area contributed by atoms with E-state index in [1.54, 1.807) is 12.1 Å². The molecule has 2 aromatic carbocycles. The Labute approximate surface area is 161 Å². The standard InChI is InChI=1S/C18H18ClN3O3S/c1-18(2,3)12-6-4-11(5-7-12)16(23)21-17(26)20-13-8-9-14(19)15(10-13)22(24)25/h4-10H,1-3H3,(H2,20,21,23,26). The van der Waals surface area contributed by atoms with Crippen LogP contribution < -0.4 is 10.6 Å². The molecule has 0 heterocycles. The van der Waals surface area contributed by atoms with Gasteiger partial charge in [0.05, 0.1) is 4.92 Å². The first-order valence-electron chi connectivity index (χ1n) is 7.75. The van der Waals surface area contributed by atoms with Crippen molar-refractivity contribution in [3.05, 3.63) is 68.7 Å². The molecule has 8 heteroatoms. The van der Waals surface area contributed by atoms with Crippen LogP contribution in [0.2, 0.25) is 5.02 Å². The summed E-state index contributed by atoms with van der Waals surface area (Å²) in [6.07, 6.45) is 0. The molecule has 0 fully saturated rings. The number of carbonyl (C=O) groups excluding carboxylic acids is 1. The van der Waals surface area contributed by atoms with Crippen LogP contribution in [-0.4, -0.2) is 15.9 Å². The lowest BCUT2D eigenvalue weighted by Gasteiger charge is -2.19. The first-order chi connectivity index (χ1) is 12.1. The van der Waals surface area contributed by atoms with Crippen molar-refractivity contribution in [2.75, 3.05) is 5.32 Å². The van der Waals surface area contributed by atoms with E-state index < -0.39 is 4.92 Å². The molecule has 0 bridgehead atoms. The average molecular weight is 392 g/mol. The van der Waals surface area contributed by atoms with Crippen LogP contribution in [0, 0.1) is 10.1 Å². The number of nitro benzene ring substituents is 1. The molecule has 6 nitrogen and oxygen atoms in total. The van der Waals surface area contributed by atoms with Gasteiger partial charge in [-0.25, -0.2) is 0 Å². The van der Waals surface area contributed by atoms with E-state index in [9.17, 15) is 14.9 Å². The van der Waals surface area contributed by atoms with Gasteiger partial charge in [0.25, 0.3) is 11.6 Å². The van der Waals surface area contributed by atoms with Gasteiger partial charge in [0.15, 0.2) is 5.11 Å². The van der Waals surface area contributed by atoms with E-state index in [1.807, 2.05) is 12.1 Å². The highest BCUT2D eigenvalue weighted by molar-refractivity contribution is 7.80. The van der Waals surface area contributed by atoms with Crippen LogP contribution in [0.5, 0.6) is 0 Å². The monoisotopic (exact) mass is 391 g/mol. The lowest BCUT2D eigenvalue weighted by Crippen LogP contribution is -2.34. The van der Waals surface area contributed by atoms with Crippen LogP contribution >= 0.6 is 23.8 Å². The zero-order chi connectivity index (χ0) is 19.5. The summed E-state index contributed by atoms with van der Waals surface area (Å²) in [5, 5.41) is 16.2. The number of hydrogen-bond acceptors (Lipinski definition) is 4. The molecule has 0 saturated carbocycles. The Morgan fingerprint density at radius 3 is 2.31 bits per heavy atom. The number of anilines is 1.